The molecule has 0 radical (unpaired) electrons. The molecule has 5 heteroatoms. The number of aromatic nitrogens is 2. The second-order valence-corrected chi connectivity index (χ2v) is 9.04. The maximum absolute atomic E-state index is 13.6. The summed E-state index contributed by atoms with van der Waals surface area (Å²) < 4.78 is 2.01. The summed E-state index contributed by atoms with van der Waals surface area (Å²) in [6.07, 6.45) is 0.888. The number of carbonyl (C=O) groups excluding carboxylic acids is 1. The number of carbonyl (C=O) groups is 1. The fourth-order valence-electron chi connectivity index (χ4n) is 3.96. The summed E-state index contributed by atoms with van der Waals surface area (Å²) >= 11 is 0. The van der Waals surface area contributed by atoms with E-state index in [0.29, 0.717) is 6.54 Å². The molecule has 0 aliphatic rings. The molecule has 0 aliphatic heterocycles. The van der Waals surface area contributed by atoms with E-state index in [2.05, 4.69) is 44.7 Å². The van der Waals surface area contributed by atoms with Crippen LogP contribution in [0.5, 0.6) is 0 Å². The first-order valence-electron chi connectivity index (χ1n) is 11.5. The molecule has 1 aromatic heterocycles. The number of nitrogens with zero attached hydrogens (tertiary/aromatic N) is 4. The SMILES string of the molecule is CCC(C)N(Cc1c(C(C)C)nn(-c2ccccc2)c1N(C)C)C(=O)c1ccc(C)cc1. The molecule has 1 heterocycles. The molecule has 0 saturated heterocycles. The molecule has 32 heavy (non-hydrogen) atoms. The zero-order valence-electron chi connectivity index (χ0n) is 20.5. The lowest BCUT2D eigenvalue weighted by molar-refractivity contribution is 0.0671. The first kappa shape index (κ1) is 23.6. The molecular formula is C27H36N4O. The van der Waals surface area contributed by atoms with Crippen molar-refractivity contribution in [1.29, 1.82) is 0 Å². The third kappa shape index (κ3) is 4.87. The van der Waals surface area contributed by atoms with Gasteiger partial charge in [-0.2, -0.15) is 5.10 Å². The maximum Gasteiger partial charge on any atom is 0.254 e. The lowest BCUT2D eigenvalue weighted by atomic mass is 10.0. The van der Waals surface area contributed by atoms with Crippen molar-refractivity contribution in [3.63, 3.8) is 0 Å². The molecule has 0 aliphatic carbocycles. The van der Waals surface area contributed by atoms with E-state index in [4.69, 9.17) is 5.10 Å². The molecule has 0 saturated carbocycles. The van der Waals surface area contributed by atoms with Crippen LogP contribution in [-0.2, 0) is 6.54 Å². The Balaban J connectivity index is 2.12. The van der Waals surface area contributed by atoms with E-state index in [-0.39, 0.29) is 17.9 Å². The number of anilines is 1. The summed E-state index contributed by atoms with van der Waals surface area (Å²) in [6.45, 7) is 11.1. The smallest absolute Gasteiger partial charge is 0.254 e. The fourth-order valence-corrected chi connectivity index (χ4v) is 3.96. The van der Waals surface area contributed by atoms with Crippen LogP contribution in [0.15, 0.2) is 54.6 Å². The average Bonchev–Trinajstić information content (AvgIpc) is 3.17. The number of hydrogen-bond acceptors (Lipinski definition) is 3. The van der Waals surface area contributed by atoms with Crippen LogP contribution in [0.1, 0.15) is 67.2 Å². The van der Waals surface area contributed by atoms with Crippen LogP contribution in [0.25, 0.3) is 5.69 Å². The first-order chi connectivity index (χ1) is 15.2. The zero-order chi connectivity index (χ0) is 23.4. The first-order valence-corrected chi connectivity index (χ1v) is 11.5. The van der Waals surface area contributed by atoms with Crippen LogP contribution >= 0.6 is 0 Å². The van der Waals surface area contributed by atoms with Gasteiger partial charge in [-0.05, 0) is 50.5 Å². The molecule has 3 rings (SSSR count). The second-order valence-electron chi connectivity index (χ2n) is 9.04. The number of benzene rings is 2. The standard InChI is InChI=1S/C27H36N4O/c1-8-21(5)30(27(32)22-16-14-20(4)15-17-22)18-24-25(19(2)3)28-31(26(24)29(6)7)23-12-10-9-11-13-23/h9-17,19,21H,8,18H2,1-7H3. The van der Waals surface area contributed by atoms with Gasteiger partial charge in [0.2, 0.25) is 0 Å². The minimum Gasteiger partial charge on any atom is -0.362 e. The minimum atomic E-state index is 0.0613. The van der Waals surface area contributed by atoms with E-state index >= 15 is 0 Å². The lowest BCUT2D eigenvalue weighted by Gasteiger charge is -2.30. The third-order valence-electron chi connectivity index (χ3n) is 5.97. The molecule has 0 fully saturated rings. The van der Waals surface area contributed by atoms with E-state index < -0.39 is 0 Å². The van der Waals surface area contributed by atoms with Crippen LogP contribution < -0.4 is 4.90 Å². The predicted molar refractivity (Wildman–Crippen MR) is 133 cm³/mol. The second kappa shape index (κ2) is 10.0. The maximum atomic E-state index is 13.6. The lowest BCUT2D eigenvalue weighted by Crippen LogP contribution is -2.38. The van der Waals surface area contributed by atoms with Gasteiger partial charge in [-0.3, -0.25) is 4.79 Å². The Hall–Kier alpha value is -3.08. The van der Waals surface area contributed by atoms with Gasteiger partial charge in [0.25, 0.3) is 5.91 Å². The predicted octanol–water partition coefficient (Wildman–Crippen LogP) is 5.81. The van der Waals surface area contributed by atoms with Crippen molar-refractivity contribution in [2.45, 2.75) is 59.5 Å². The van der Waals surface area contributed by atoms with Gasteiger partial charge in [-0.25, -0.2) is 4.68 Å². The van der Waals surface area contributed by atoms with Gasteiger partial charge in [-0.1, -0.05) is 56.7 Å². The van der Waals surface area contributed by atoms with Gasteiger partial charge < -0.3 is 9.80 Å². The van der Waals surface area contributed by atoms with Gasteiger partial charge in [-0.15, -0.1) is 0 Å². The molecule has 2 aromatic carbocycles. The average molecular weight is 433 g/mol. The normalized spacial score (nSPS) is 12.1. The number of para-hydroxylation sites is 1. The topological polar surface area (TPSA) is 41.4 Å². The number of aryl methyl sites for hydroxylation is 1. The van der Waals surface area contributed by atoms with Gasteiger partial charge in [0.05, 0.1) is 17.9 Å². The van der Waals surface area contributed by atoms with Crippen molar-refractivity contribution in [2.75, 3.05) is 19.0 Å². The summed E-state index contributed by atoms with van der Waals surface area (Å²) in [5, 5.41) is 5.02. The molecule has 0 bridgehead atoms. The Labute approximate surface area is 192 Å². The molecule has 3 aromatic rings. The fraction of sp³-hybridized carbons (Fsp3) is 0.407. The molecule has 0 N–H and O–H groups in total. The van der Waals surface area contributed by atoms with Crippen LogP contribution in [0, 0.1) is 6.92 Å². The summed E-state index contributed by atoms with van der Waals surface area (Å²) in [4.78, 5) is 17.7. The van der Waals surface area contributed by atoms with Crippen molar-refractivity contribution >= 4 is 11.7 Å². The van der Waals surface area contributed by atoms with Gasteiger partial charge in [0.15, 0.2) is 0 Å². The van der Waals surface area contributed by atoms with Crippen LogP contribution in [-0.4, -0.2) is 40.7 Å². The molecule has 1 unspecified atom stereocenters. The molecule has 0 spiro atoms. The van der Waals surface area contributed by atoms with E-state index in [9.17, 15) is 4.79 Å². The third-order valence-corrected chi connectivity index (χ3v) is 5.97. The molecular weight excluding hydrogens is 396 g/mol. The van der Waals surface area contributed by atoms with E-state index in [1.54, 1.807) is 0 Å². The summed E-state index contributed by atoms with van der Waals surface area (Å²) in [6, 6.07) is 18.2. The quantitative estimate of drug-likeness (QED) is 0.451. The Morgan fingerprint density at radius 1 is 1.00 bits per heavy atom. The van der Waals surface area contributed by atoms with E-state index in [1.165, 1.54) is 0 Å². The monoisotopic (exact) mass is 432 g/mol. The van der Waals surface area contributed by atoms with E-state index in [0.717, 1.165) is 40.3 Å². The minimum absolute atomic E-state index is 0.0613. The van der Waals surface area contributed by atoms with Gasteiger partial charge >= 0.3 is 0 Å². The molecule has 1 atom stereocenters. The van der Waals surface area contributed by atoms with Crippen LogP contribution in [0.4, 0.5) is 5.82 Å². The Bertz CT molecular complexity index is 1040. The molecule has 170 valence electrons. The number of amides is 1. The van der Waals surface area contributed by atoms with Crippen molar-refractivity contribution in [3.8, 4) is 5.69 Å². The largest absolute Gasteiger partial charge is 0.362 e. The van der Waals surface area contributed by atoms with Gasteiger partial charge in [0.1, 0.15) is 5.82 Å². The van der Waals surface area contributed by atoms with Crippen LogP contribution in [0.2, 0.25) is 0 Å². The van der Waals surface area contributed by atoms with Crippen molar-refractivity contribution in [1.82, 2.24) is 14.7 Å². The van der Waals surface area contributed by atoms with Gasteiger partial charge in [0, 0.05) is 31.3 Å². The molecule has 1 amide bonds. The van der Waals surface area contributed by atoms with Crippen molar-refractivity contribution in [3.05, 3.63) is 77.0 Å². The van der Waals surface area contributed by atoms with Crippen molar-refractivity contribution in [2.24, 2.45) is 0 Å². The Kier molecular flexibility index (Phi) is 7.39. The summed E-state index contributed by atoms with van der Waals surface area (Å²) in [7, 11) is 4.08. The van der Waals surface area contributed by atoms with Crippen LogP contribution in [0.3, 0.4) is 0 Å². The zero-order valence-corrected chi connectivity index (χ0v) is 20.5. The number of rotatable bonds is 8. The van der Waals surface area contributed by atoms with Crippen molar-refractivity contribution < 1.29 is 4.79 Å². The Morgan fingerprint density at radius 3 is 2.16 bits per heavy atom. The Morgan fingerprint density at radius 2 is 1.62 bits per heavy atom. The number of hydrogen-bond donors (Lipinski definition) is 0. The summed E-state index contributed by atoms with van der Waals surface area (Å²) in [5.74, 6) is 1.32. The molecule has 5 nitrogen and oxygen atoms in total. The van der Waals surface area contributed by atoms with E-state index in [1.807, 2.05) is 73.1 Å². The highest BCUT2D eigenvalue weighted by Gasteiger charge is 2.28. The summed E-state index contributed by atoms with van der Waals surface area (Å²) in [5.41, 5.74) is 5.03. The highest BCUT2D eigenvalue weighted by atomic mass is 16.2. The highest BCUT2D eigenvalue weighted by molar-refractivity contribution is 5.94. The highest BCUT2D eigenvalue weighted by Crippen LogP contribution is 2.32.